The summed E-state index contributed by atoms with van der Waals surface area (Å²) in [6.45, 7) is 5.38. The second-order valence-electron chi connectivity index (χ2n) is 3.13. The van der Waals surface area contributed by atoms with E-state index < -0.39 is 5.75 Å². The first-order chi connectivity index (χ1) is 6.00. The number of hydrogen-bond acceptors (Lipinski definition) is 3. The van der Waals surface area contributed by atoms with E-state index in [0.717, 1.165) is 12.0 Å². The summed E-state index contributed by atoms with van der Waals surface area (Å²) in [6, 6.07) is 0. The third-order valence-corrected chi connectivity index (χ3v) is 2.42. The molecule has 1 aromatic rings. The average molecular weight is 182 g/mol. The predicted molar refractivity (Wildman–Crippen MR) is 50.3 cm³/mol. The molecule has 3 heteroatoms. The molecule has 13 heavy (non-hydrogen) atoms. The van der Waals surface area contributed by atoms with Gasteiger partial charge in [0.1, 0.15) is 0 Å². The highest BCUT2D eigenvalue weighted by atomic mass is 16.3. The first-order valence-corrected chi connectivity index (χ1v) is 4.23. The van der Waals surface area contributed by atoms with Gasteiger partial charge < -0.3 is 15.3 Å². The van der Waals surface area contributed by atoms with Crippen LogP contribution in [0.1, 0.15) is 23.6 Å². The van der Waals surface area contributed by atoms with Gasteiger partial charge in [-0.05, 0) is 37.0 Å². The maximum atomic E-state index is 9.41. The van der Waals surface area contributed by atoms with Crippen LogP contribution in [-0.4, -0.2) is 15.3 Å². The summed E-state index contributed by atoms with van der Waals surface area (Å²) >= 11 is 0. The minimum Gasteiger partial charge on any atom is -0.504 e. The van der Waals surface area contributed by atoms with E-state index in [9.17, 15) is 15.3 Å². The van der Waals surface area contributed by atoms with E-state index in [0.29, 0.717) is 11.1 Å². The second kappa shape index (κ2) is 3.17. The SMILES string of the molecule is CCc1c(C)c(O)c(O)c(O)c1C. The van der Waals surface area contributed by atoms with E-state index in [4.69, 9.17) is 0 Å². The number of rotatable bonds is 1. The lowest BCUT2D eigenvalue weighted by Gasteiger charge is -2.13. The third-order valence-electron chi connectivity index (χ3n) is 2.42. The van der Waals surface area contributed by atoms with Crippen molar-refractivity contribution < 1.29 is 15.3 Å². The Hall–Kier alpha value is -1.38. The van der Waals surface area contributed by atoms with Crippen LogP contribution in [0.3, 0.4) is 0 Å². The van der Waals surface area contributed by atoms with Crippen LogP contribution < -0.4 is 0 Å². The first kappa shape index (κ1) is 9.71. The molecule has 3 nitrogen and oxygen atoms in total. The Bertz CT molecular complexity index is 314. The van der Waals surface area contributed by atoms with Crippen molar-refractivity contribution >= 4 is 0 Å². The van der Waals surface area contributed by atoms with Gasteiger partial charge in [0.15, 0.2) is 11.5 Å². The summed E-state index contributed by atoms with van der Waals surface area (Å²) in [5.74, 6) is -0.868. The predicted octanol–water partition coefficient (Wildman–Crippen LogP) is 1.98. The van der Waals surface area contributed by atoms with Gasteiger partial charge in [0.05, 0.1) is 0 Å². The molecule has 0 radical (unpaired) electrons. The molecule has 1 aromatic carbocycles. The summed E-state index contributed by atoms with van der Waals surface area (Å²) in [7, 11) is 0. The van der Waals surface area contributed by atoms with Crippen LogP contribution in [0.4, 0.5) is 0 Å². The zero-order valence-electron chi connectivity index (χ0n) is 8.05. The molecule has 0 bridgehead atoms. The molecule has 0 saturated heterocycles. The molecule has 0 aromatic heterocycles. The Morgan fingerprint density at radius 1 is 0.846 bits per heavy atom. The van der Waals surface area contributed by atoms with Crippen molar-refractivity contribution in [2.75, 3.05) is 0 Å². The normalized spacial score (nSPS) is 10.4. The molecule has 0 unspecified atom stereocenters. The van der Waals surface area contributed by atoms with E-state index in [1.165, 1.54) is 0 Å². The van der Waals surface area contributed by atoms with Gasteiger partial charge in [-0.1, -0.05) is 6.92 Å². The summed E-state index contributed by atoms with van der Waals surface area (Å²) in [6.07, 6.45) is 0.721. The van der Waals surface area contributed by atoms with Crippen LogP contribution in [0.15, 0.2) is 0 Å². The fourth-order valence-corrected chi connectivity index (χ4v) is 1.56. The molecule has 0 aliphatic heterocycles. The Morgan fingerprint density at radius 2 is 1.23 bits per heavy atom. The standard InChI is InChI=1S/C10H14O3/c1-4-7-5(2)8(11)10(13)9(12)6(7)3/h11-13H,4H2,1-3H3. The minimum atomic E-state index is -0.424. The lowest BCUT2D eigenvalue weighted by Crippen LogP contribution is -1.93. The van der Waals surface area contributed by atoms with Gasteiger partial charge in [-0.15, -0.1) is 0 Å². The van der Waals surface area contributed by atoms with Gasteiger partial charge in [0.2, 0.25) is 5.75 Å². The zero-order valence-corrected chi connectivity index (χ0v) is 8.05. The molecule has 72 valence electrons. The number of benzene rings is 1. The molecule has 0 aliphatic carbocycles. The number of aromatic hydroxyl groups is 3. The fourth-order valence-electron chi connectivity index (χ4n) is 1.56. The molecule has 0 amide bonds. The maximum Gasteiger partial charge on any atom is 0.200 e. The van der Waals surface area contributed by atoms with Crippen molar-refractivity contribution in [3.05, 3.63) is 16.7 Å². The Morgan fingerprint density at radius 3 is 1.54 bits per heavy atom. The Kier molecular flexibility index (Phi) is 2.36. The topological polar surface area (TPSA) is 60.7 Å². The fraction of sp³-hybridized carbons (Fsp3) is 0.400. The van der Waals surface area contributed by atoms with E-state index in [-0.39, 0.29) is 11.5 Å². The summed E-state index contributed by atoms with van der Waals surface area (Å²) in [5, 5.41) is 28.1. The van der Waals surface area contributed by atoms with Crippen LogP contribution in [0.25, 0.3) is 0 Å². The number of hydrogen-bond donors (Lipinski definition) is 3. The van der Waals surface area contributed by atoms with Crippen LogP contribution in [-0.2, 0) is 6.42 Å². The van der Waals surface area contributed by atoms with Gasteiger partial charge in [0.25, 0.3) is 0 Å². The molecular formula is C10H14O3. The summed E-state index contributed by atoms with van der Waals surface area (Å²) in [5.41, 5.74) is 2.15. The van der Waals surface area contributed by atoms with Gasteiger partial charge in [-0.3, -0.25) is 0 Å². The highest BCUT2D eigenvalue weighted by Crippen LogP contribution is 2.42. The molecule has 0 heterocycles. The van der Waals surface area contributed by atoms with Gasteiger partial charge in [0, 0.05) is 0 Å². The molecule has 0 atom stereocenters. The van der Waals surface area contributed by atoms with E-state index in [1.54, 1.807) is 13.8 Å². The van der Waals surface area contributed by atoms with Crippen LogP contribution >= 0.6 is 0 Å². The molecule has 3 N–H and O–H groups in total. The molecule has 1 rings (SSSR count). The molecule has 0 aliphatic rings. The summed E-state index contributed by atoms with van der Waals surface area (Å²) < 4.78 is 0. The molecule has 0 saturated carbocycles. The van der Waals surface area contributed by atoms with Gasteiger partial charge >= 0.3 is 0 Å². The maximum absolute atomic E-state index is 9.41. The van der Waals surface area contributed by atoms with Crippen LogP contribution in [0.5, 0.6) is 17.2 Å². The lowest BCUT2D eigenvalue weighted by molar-refractivity contribution is 0.363. The molecule has 0 fully saturated rings. The summed E-state index contributed by atoms with van der Waals surface area (Å²) in [4.78, 5) is 0. The van der Waals surface area contributed by atoms with Crippen LogP contribution in [0, 0.1) is 13.8 Å². The third kappa shape index (κ3) is 1.30. The van der Waals surface area contributed by atoms with Crippen molar-refractivity contribution in [3.8, 4) is 17.2 Å². The van der Waals surface area contributed by atoms with E-state index in [2.05, 4.69) is 0 Å². The first-order valence-electron chi connectivity index (χ1n) is 4.23. The van der Waals surface area contributed by atoms with E-state index in [1.807, 2.05) is 6.92 Å². The monoisotopic (exact) mass is 182 g/mol. The molecule has 0 spiro atoms. The van der Waals surface area contributed by atoms with E-state index >= 15 is 0 Å². The van der Waals surface area contributed by atoms with Crippen molar-refractivity contribution in [2.24, 2.45) is 0 Å². The average Bonchev–Trinajstić information content (AvgIpc) is 2.13. The second-order valence-corrected chi connectivity index (χ2v) is 3.13. The van der Waals surface area contributed by atoms with Crippen LogP contribution in [0.2, 0.25) is 0 Å². The van der Waals surface area contributed by atoms with Crippen molar-refractivity contribution in [2.45, 2.75) is 27.2 Å². The smallest absolute Gasteiger partial charge is 0.200 e. The van der Waals surface area contributed by atoms with Gasteiger partial charge in [-0.2, -0.15) is 0 Å². The minimum absolute atomic E-state index is 0.222. The molecular weight excluding hydrogens is 168 g/mol. The van der Waals surface area contributed by atoms with Crippen molar-refractivity contribution in [1.82, 2.24) is 0 Å². The Labute approximate surface area is 77.3 Å². The Balaban J connectivity index is 3.56. The zero-order chi connectivity index (χ0) is 10.2. The van der Waals surface area contributed by atoms with Gasteiger partial charge in [-0.25, -0.2) is 0 Å². The van der Waals surface area contributed by atoms with Crippen molar-refractivity contribution in [1.29, 1.82) is 0 Å². The lowest BCUT2D eigenvalue weighted by atomic mass is 9.98. The highest BCUT2D eigenvalue weighted by molar-refractivity contribution is 5.60. The quantitative estimate of drug-likeness (QED) is 0.582. The number of phenols is 3. The number of phenolic OH excluding ortho intramolecular Hbond substituents is 3. The highest BCUT2D eigenvalue weighted by Gasteiger charge is 2.16. The van der Waals surface area contributed by atoms with Crippen molar-refractivity contribution in [3.63, 3.8) is 0 Å². The largest absolute Gasteiger partial charge is 0.504 e.